The van der Waals surface area contributed by atoms with Crippen molar-refractivity contribution in [3.63, 3.8) is 0 Å². The zero-order valence-corrected chi connectivity index (χ0v) is 17.5. The van der Waals surface area contributed by atoms with Crippen LogP contribution in [0.15, 0.2) is 35.2 Å². The Morgan fingerprint density at radius 3 is 2.69 bits per heavy atom. The van der Waals surface area contributed by atoms with Crippen molar-refractivity contribution in [2.24, 2.45) is 0 Å². The van der Waals surface area contributed by atoms with Gasteiger partial charge in [-0.3, -0.25) is 9.59 Å². The molecule has 0 unspecified atom stereocenters. The van der Waals surface area contributed by atoms with Crippen LogP contribution in [0.3, 0.4) is 0 Å². The summed E-state index contributed by atoms with van der Waals surface area (Å²) in [5, 5.41) is 5.36. The minimum atomic E-state index is -3.88. The standard InChI is InChI=1S/C18H16Cl2N2O6S/c1-27-14-3-2-10(6-11(14)19)21-17(23)4-5-29(25,26)16-8-15-13(7-12(16)20)22-18(24)9-28-15/h2-3,6-8H,4-5,9H2,1H3,(H,21,23)(H,22,24). The normalized spacial score (nSPS) is 13.1. The van der Waals surface area contributed by atoms with Gasteiger partial charge in [0.25, 0.3) is 5.91 Å². The lowest BCUT2D eigenvalue weighted by Crippen LogP contribution is -2.25. The Bertz CT molecular complexity index is 1090. The third kappa shape index (κ3) is 4.92. The molecule has 2 amide bonds. The molecule has 29 heavy (non-hydrogen) atoms. The molecule has 0 aromatic heterocycles. The van der Waals surface area contributed by atoms with Crippen LogP contribution in [0.1, 0.15) is 6.42 Å². The van der Waals surface area contributed by atoms with Crippen molar-refractivity contribution in [2.45, 2.75) is 11.3 Å². The highest BCUT2D eigenvalue weighted by molar-refractivity contribution is 7.91. The van der Waals surface area contributed by atoms with Gasteiger partial charge in [0.15, 0.2) is 16.4 Å². The molecule has 1 heterocycles. The summed E-state index contributed by atoms with van der Waals surface area (Å²) in [4.78, 5) is 23.3. The molecule has 0 fully saturated rings. The molecule has 0 spiro atoms. The van der Waals surface area contributed by atoms with Crippen molar-refractivity contribution < 1.29 is 27.5 Å². The van der Waals surface area contributed by atoms with Crippen molar-refractivity contribution >= 4 is 56.2 Å². The predicted octanol–water partition coefficient (Wildman–Crippen LogP) is 3.14. The summed E-state index contributed by atoms with van der Waals surface area (Å²) in [6.07, 6.45) is -0.295. The molecule has 154 valence electrons. The summed E-state index contributed by atoms with van der Waals surface area (Å²) in [7, 11) is -2.41. The fourth-order valence-electron chi connectivity index (χ4n) is 2.62. The van der Waals surface area contributed by atoms with E-state index in [-0.39, 0.29) is 34.6 Å². The minimum Gasteiger partial charge on any atom is -0.495 e. The van der Waals surface area contributed by atoms with Gasteiger partial charge < -0.3 is 20.1 Å². The first kappa shape index (κ1) is 21.2. The van der Waals surface area contributed by atoms with Crippen LogP contribution in [0.25, 0.3) is 0 Å². The topological polar surface area (TPSA) is 111 Å². The fraction of sp³-hybridized carbons (Fsp3) is 0.222. The Balaban J connectivity index is 1.69. The first-order chi connectivity index (χ1) is 13.7. The lowest BCUT2D eigenvalue weighted by Gasteiger charge is -2.19. The number of methoxy groups -OCH3 is 1. The molecule has 2 aromatic rings. The number of nitrogens with one attached hydrogen (secondary N) is 2. The SMILES string of the molecule is COc1ccc(NC(=O)CCS(=O)(=O)c2cc3c(cc2Cl)NC(=O)CO3)cc1Cl. The van der Waals surface area contributed by atoms with Gasteiger partial charge in [-0.2, -0.15) is 0 Å². The molecule has 0 atom stereocenters. The maximum Gasteiger partial charge on any atom is 0.262 e. The predicted molar refractivity (Wildman–Crippen MR) is 109 cm³/mol. The molecule has 1 aliphatic rings. The molecule has 0 bridgehead atoms. The number of hydrogen-bond donors (Lipinski definition) is 2. The van der Waals surface area contributed by atoms with Crippen LogP contribution >= 0.6 is 23.2 Å². The largest absolute Gasteiger partial charge is 0.495 e. The van der Waals surface area contributed by atoms with Gasteiger partial charge in [0.1, 0.15) is 11.5 Å². The maximum absolute atomic E-state index is 12.7. The summed E-state index contributed by atoms with van der Waals surface area (Å²) in [5.41, 5.74) is 0.702. The number of amides is 2. The number of carbonyl (C=O) groups excluding carboxylic acids is 2. The third-order valence-electron chi connectivity index (χ3n) is 4.04. The van der Waals surface area contributed by atoms with Crippen LogP contribution < -0.4 is 20.1 Å². The van der Waals surface area contributed by atoms with Gasteiger partial charge in [-0.1, -0.05) is 23.2 Å². The van der Waals surface area contributed by atoms with E-state index < -0.39 is 21.5 Å². The van der Waals surface area contributed by atoms with Crippen LogP contribution in [-0.2, 0) is 19.4 Å². The van der Waals surface area contributed by atoms with Gasteiger partial charge in [0, 0.05) is 18.2 Å². The summed E-state index contributed by atoms with van der Waals surface area (Å²) in [6.45, 7) is -0.221. The molecule has 0 saturated carbocycles. The van der Waals surface area contributed by atoms with Crippen molar-refractivity contribution in [1.82, 2.24) is 0 Å². The van der Waals surface area contributed by atoms with E-state index >= 15 is 0 Å². The van der Waals surface area contributed by atoms with Gasteiger partial charge >= 0.3 is 0 Å². The summed E-state index contributed by atoms with van der Waals surface area (Å²) >= 11 is 12.1. The van der Waals surface area contributed by atoms with E-state index in [9.17, 15) is 18.0 Å². The van der Waals surface area contributed by atoms with E-state index in [1.807, 2.05) is 0 Å². The van der Waals surface area contributed by atoms with Gasteiger partial charge in [-0.25, -0.2) is 8.42 Å². The maximum atomic E-state index is 12.7. The molecule has 3 rings (SSSR count). The van der Waals surface area contributed by atoms with Crippen molar-refractivity contribution in [1.29, 1.82) is 0 Å². The third-order valence-corrected chi connectivity index (χ3v) is 6.51. The van der Waals surface area contributed by atoms with Crippen LogP contribution in [0, 0.1) is 0 Å². The zero-order valence-electron chi connectivity index (χ0n) is 15.1. The number of ether oxygens (including phenoxy) is 2. The number of halogens is 2. The van der Waals surface area contributed by atoms with E-state index in [0.29, 0.717) is 22.1 Å². The number of anilines is 2. The highest BCUT2D eigenvalue weighted by Crippen LogP contribution is 2.36. The van der Waals surface area contributed by atoms with Gasteiger partial charge in [-0.15, -0.1) is 0 Å². The summed E-state index contributed by atoms with van der Waals surface area (Å²) < 4.78 is 35.6. The highest BCUT2D eigenvalue weighted by Gasteiger charge is 2.25. The molecule has 8 nitrogen and oxygen atoms in total. The number of benzene rings is 2. The molecular weight excluding hydrogens is 443 g/mol. The van der Waals surface area contributed by atoms with Crippen LogP contribution in [-0.4, -0.2) is 39.7 Å². The zero-order chi connectivity index (χ0) is 21.2. The molecule has 0 aliphatic carbocycles. The van der Waals surface area contributed by atoms with Crippen molar-refractivity contribution in [3.8, 4) is 11.5 Å². The number of carbonyl (C=O) groups is 2. The van der Waals surface area contributed by atoms with E-state index in [1.54, 1.807) is 12.1 Å². The average Bonchev–Trinajstić information content (AvgIpc) is 2.66. The van der Waals surface area contributed by atoms with Crippen molar-refractivity contribution in [3.05, 3.63) is 40.4 Å². The second-order valence-corrected chi connectivity index (χ2v) is 8.97. The van der Waals surface area contributed by atoms with E-state index in [2.05, 4.69) is 10.6 Å². The van der Waals surface area contributed by atoms with Crippen LogP contribution in [0.5, 0.6) is 11.5 Å². The molecule has 2 N–H and O–H groups in total. The molecular formula is C18H16Cl2N2O6S. The lowest BCUT2D eigenvalue weighted by molar-refractivity contribution is -0.118. The lowest BCUT2D eigenvalue weighted by atomic mass is 10.2. The Labute approximate surface area is 177 Å². The highest BCUT2D eigenvalue weighted by atomic mass is 35.5. The Morgan fingerprint density at radius 1 is 1.24 bits per heavy atom. The first-order valence-corrected chi connectivity index (χ1v) is 10.7. The van der Waals surface area contributed by atoms with Crippen LogP contribution in [0.4, 0.5) is 11.4 Å². The summed E-state index contributed by atoms with van der Waals surface area (Å²) in [5.74, 6) is -0.683. The Morgan fingerprint density at radius 2 is 2.00 bits per heavy atom. The Kier molecular flexibility index (Phi) is 6.21. The molecule has 2 aromatic carbocycles. The number of rotatable bonds is 6. The molecule has 0 radical (unpaired) electrons. The van der Waals surface area contributed by atoms with Gasteiger partial charge in [0.2, 0.25) is 5.91 Å². The average molecular weight is 459 g/mol. The van der Waals surface area contributed by atoms with E-state index in [4.69, 9.17) is 32.7 Å². The summed E-state index contributed by atoms with van der Waals surface area (Å²) in [6, 6.07) is 7.22. The van der Waals surface area contributed by atoms with E-state index in [1.165, 1.54) is 25.3 Å². The fourth-order valence-corrected chi connectivity index (χ4v) is 4.72. The number of sulfone groups is 1. The second-order valence-electron chi connectivity index (χ2n) is 6.08. The van der Waals surface area contributed by atoms with Gasteiger partial charge in [-0.05, 0) is 24.3 Å². The van der Waals surface area contributed by atoms with Crippen LogP contribution in [0.2, 0.25) is 10.0 Å². The molecule has 11 heteroatoms. The minimum absolute atomic E-state index is 0.0723. The molecule has 0 saturated heterocycles. The quantitative estimate of drug-likeness (QED) is 0.687. The number of fused-ring (bicyclic) bond motifs is 1. The monoisotopic (exact) mass is 458 g/mol. The van der Waals surface area contributed by atoms with E-state index in [0.717, 1.165) is 0 Å². The van der Waals surface area contributed by atoms with Gasteiger partial charge in [0.05, 0.1) is 33.5 Å². The smallest absolute Gasteiger partial charge is 0.262 e. The first-order valence-electron chi connectivity index (χ1n) is 8.32. The molecule has 1 aliphatic heterocycles. The Hall–Kier alpha value is -2.49. The number of hydrogen-bond acceptors (Lipinski definition) is 6. The second kappa shape index (κ2) is 8.48. The van der Waals surface area contributed by atoms with Crippen molar-refractivity contribution in [2.75, 3.05) is 30.1 Å².